The Hall–Kier alpha value is -2.02. The van der Waals surface area contributed by atoms with Gasteiger partial charge in [0.05, 0.1) is 14.2 Å². The maximum atomic E-state index is 12.1. The third-order valence-electron chi connectivity index (χ3n) is 2.66. The fraction of sp³-hybridized carbons (Fsp3) is 0.357. The van der Waals surface area contributed by atoms with Crippen LogP contribution in [-0.4, -0.2) is 41.4 Å². The largest absolute Gasteiger partial charge is 0.493 e. The molecule has 1 unspecified atom stereocenters. The molecule has 0 heterocycles. The molecule has 0 amide bonds. The topological polar surface area (TPSA) is 89.9 Å². The fourth-order valence-corrected chi connectivity index (χ4v) is 2.41. The number of aliphatic carboxylic acids is 1. The lowest BCUT2D eigenvalue weighted by molar-refractivity contribution is -0.136. The summed E-state index contributed by atoms with van der Waals surface area (Å²) in [6.07, 6.45) is -0.269. The van der Waals surface area contributed by atoms with Crippen molar-refractivity contribution in [2.24, 2.45) is 0 Å². The zero-order valence-electron chi connectivity index (χ0n) is 11.9. The average Bonchev–Trinajstić information content (AvgIpc) is 2.45. The number of ether oxygens (including phenoxy) is 2. The van der Waals surface area contributed by atoms with Gasteiger partial charge in [-0.05, 0) is 18.2 Å². The summed E-state index contributed by atoms with van der Waals surface area (Å²) in [4.78, 5) is 34.2. The molecule has 1 aromatic rings. The van der Waals surface area contributed by atoms with Crippen LogP contribution in [0.25, 0.3) is 0 Å². The van der Waals surface area contributed by atoms with Crippen molar-refractivity contribution in [2.45, 2.75) is 18.6 Å². The number of hydrogen-bond donors (Lipinski definition) is 1. The SMILES string of the molecule is COc1ccc(C(=O)CC(SC(C)=O)C(=O)O)cc1OC. The van der Waals surface area contributed by atoms with Gasteiger partial charge in [-0.1, -0.05) is 11.8 Å². The molecule has 0 aliphatic rings. The number of ketones is 1. The highest BCUT2D eigenvalue weighted by atomic mass is 32.2. The number of carboxylic acid groups (broad SMARTS) is 1. The van der Waals surface area contributed by atoms with E-state index in [1.807, 2.05) is 0 Å². The minimum Gasteiger partial charge on any atom is -0.493 e. The molecule has 0 spiro atoms. The van der Waals surface area contributed by atoms with Crippen molar-refractivity contribution in [1.29, 1.82) is 0 Å². The van der Waals surface area contributed by atoms with Gasteiger partial charge in [0.1, 0.15) is 5.25 Å². The molecule has 0 fully saturated rings. The number of rotatable bonds is 7. The Morgan fingerprint density at radius 1 is 1.19 bits per heavy atom. The molecule has 21 heavy (non-hydrogen) atoms. The van der Waals surface area contributed by atoms with E-state index in [4.69, 9.17) is 14.6 Å². The predicted molar refractivity (Wildman–Crippen MR) is 78.2 cm³/mol. The third-order valence-corrected chi connectivity index (χ3v) is 3.64. The van der Waals surface area contributed by atoms with Crippen molar-refractivity contribution in [3.05, 3.63) is 23.8 Å². The lowest BCUT2D eigenvalue weighted by Gasteiger charge is -2.11. The number of benzene rings is 1. The van der Waals surface area contributed by atoms with Crippen molar-refractivity contribution >= 4 is 28.6 Å². The van der Waals surface area contributed by atoms with Crippen LogP contribution in [0.4, 0.5) is 0 Å². The number of Topliss-reactive ketones (excluding diaryl/α,β-unsaturated/α-hetero) is 1. The number of hydrogen-bond acceptors (Lipinski definition) is 6. The zero-order chi connectivity index (χ0) is 16.0. The van der Waals surface area contributed by atoms with Gasteiger partial charge >= 0.3 is 5.97 Å². The van der Waals surface area contributed by atoms with Crippen LogP contribution in [0.2, 0.25) is 0 Å². The predicted octanol–water partition coefficient (Wildman–Crippen LogP) is 2.01. The summed E-state index contributed by atoms with van der Waals surface area (Å²) in [5.41, 5.74) is 0.308. The molecular weight excluding hydrogens is 296 g/mol. The van der Waals surface area contributed by atoms with Gasteiger partial charge in [-0.15, -0.1) is 0 Å². The van der Waals surface area contributed by atoms with E-state index in [1.165, 1.54) is 33.3 Å². The highest BCUT2D eigenvalue weighted by molar-refractivity contribution is 8.14. The summed E-state index contributed by atoms with van der Waals surface area (Å²) >= 11 is 0.633. The van der Waals surface area contributed by atoms with E-state index in [0.717, 1.165) is 0 Å². The van der Waals surface area contributed by atoms with Crippen molar-refractivity contribution in [1.82, 2.24) is 0 Å². The third kappa shape index (κ3) is 4.78. The Labute approximate surface area is 126 Å². The molecule has 6 nitrogen and oxygen atoms in total. The van der Waals surface area contributed by atoms with Gasteiger partial charge in [0.25, 0.3) is 0 Å². The van der Waals surface area contributed by atoms with Gasteiger partial charge in [-0.3, -0.25) is 14.4 Å². The molecule has 1 atom stereocenters. The molecule has 1 rings (SSSR count). The summed E-state index contributed by atoms with van der Waals surface area (Å²) in [5.74, 6) is -0.711. The monoisotopic (exact) mass is 312 g/mol. The quantitative estimate of drug-likeness (QED) is 0.770. The minimum atomic E-state index is -1.19. The first-order valence-corrected chi connectivity index (χ1v) is 6.92. The van der Waals surface area contributed by atoms with Gasteiger partial charge in [0.15, 0.2) is 22.4 Å². The van der Waals surface area contributed by atoms with Crippen molar-refractivity contribution < 1.29 is 29.0 Å². The standard InChI is InChI=1S/C14H16O6S/c1-8(15)21-13(14(17)18)7-10(16)9-4-5-11(19-2)12(6-9)20-3/h4-6,13H,7H2,1-3H3,(H,17,18). The average molecular weight is 312 g/mol. The van der Waals surface area contributed by atoms with Gasteiger partial charge < -0.3 is 14.6 Å². The van der Waals surface area contributed by atoms with E-state index in [-0.39, 0.29) is 17.3 Å². The lowest BCUT2D eigenvalue weighted by Crippen LogP contribution is -2.22. The summed E-state index contributed by atoms with van der Waals surface area (Å²) in [6.45, 7) is 1.27. The fourth-order valence-electron chi connectivity index (χ4n) is 1.68. The molecular formula is C14H16O6S. The summed E-state index contributed by atoms with van der Waals surface area (Å²) in [6, 6.07) is 4.58. The molecule has 0 aliphatic heterocycles. The molecule has 0 aromatic heterocycles. The van der Waals surface area contributed by atoms with E-state index >= 15 is 0 Å². The van der Waals surface area contributed by atoms with Crippen LogP contribution in [0.15, 0.2) is 18.2 Å². The normalized spacial score (nSPS) is 11.6. The molecule has 0 bridgehead atoms. The Kier molecular flexibility index (Phi) is 6.23. The number of carboxylic acids is 1. The highest BCUT2D eigenvalue weighted by Gasteiger charge is 2.24. The van der Waals surface area contributed by atoms with Crippen LogP contribution < -0.4 is 9.47 Å². The van der Waals surface area contributed by atoms with Crippen LogP contribution in [-0.2, 0) is 9.59 Å². The summed E-state index contributed by atoms with van der Waals surface area (Å²) < 4.78 is 10.2. The highest BCUT2D eigenvalue weighted by Crippen LogP contribution is 2.28. The molecule has 0 aliphatic carbocycles. The minimum absolute atomic E-state index is 0.269. The number of methoxy groups -OCH3 is 2. The second-order valence-electron chi connectivity index (χ2n) is 4.13. The first-order chi connectivity index (χ1) is 9.88. The Bertz CT molecular complexity index is 554. The Morgan fingerprint density at radius 2 is 1.81 bits per heavy atom. The number of thioether (sulfide) groups is 1. The van der Waals surface area contributed by atoms with Crippen LogP contribution >= 0.6 is 11.8 Å². The molecule has 114 valence electrons. The van der Waals surface area contributed by atoms with Crippen molar-refractivity contribution in [3.8, 4) is 11.5 Å². The van der Waals surface area contributed by atoms with Gasteiger partial charge in [0.2, 0.25) is 0 Å². The van der Waals surface area contributed by atoms with E-state index in [0.29, 0.717) is 28.8 Å². The zero-order valence-corrected chi connectivity index (χ0v) is 12.7. The first-order valence-electron chi connectivity index (χ1n) is 6.04. The second-order valence-corrected chi connectivity index (χ2v) is 5.51. The molecule has 7 heteroatoms. The molecule has 1 N–H and O–H groups in total. The maximum Gasteiger partial charge on any atom is 0.317 e. The van der Waals surface area contributed by atoms with Crippen LogP contribution in [0.5, 0.6) is 11.5 Å². The van der Waals surface area contributed by atoms with E-state index < -0.39 is 11.2 Å². The smallest absolute Gasteiger partial charge is 0.317 e. The summed E-state index contributed by atoms with van der Waals surface area (Å²) in [7, 11) is 2.92. The molecule has 0 radical (unpaired) electrons. The van der Waals surface area contributed by atoms with Crippen LogP contribution in [0.3, 0.4) is 0 Å². The van der Waals surface area contributed by atoms with Gasteiger partial charge in [0, 0.05) is 18.9 Å². The Balaban J connectivity index is 2.92. The molecule has 1 aromatic carbocycles. The van der Waals surface area contributed by atoms with E-state index in [2.05, 4.69) is 0 Å². The van der Waals surface area contributed by atoms with Crippen LogP contribution in [0.1, 0.15) is 23.7 Å². The van der Waals surface area contributed by atoms with Crippen LogP contribution in [0, 0.1) is 0 Å². The van der Waals surface area contributed by atoms with Gasteiger partial charge in [-0.25, -0.2) is 0 Å². The van der Waals surface area contributed by atoms with Gasteiger partial charge in [-0.2, -0.15) is 0 Å². The summed E-state index contributed by atoms with van der Waals surface area (Å²) in [5, 5.41) is 7.59. The number of carbonyl (C=O) groups excluding carboxylic acids is 2. The van der Waals surface area contributed by atoms with E-state index in [9.17, 15) is 14.4 Å². The molecule has 0 saturated carbocycles. The van der Waals surface area contributed by atoms with Crippen molar-refractivity contribution in [3.63, 3.8) is 0 Å². The molecule has 0 saturated heterocycles. The second kappa shape index (κ2) is 7.68. The van der Waals surface area contributed by atoms with E-state index in [1.54, 1.807) is 6.07 Å². The lowest BCUT2D eigenvalue weighted by atomic mass is 10.1. The maximum absolute atomic E-state index is 12.1. The van der Waals surface area contributed by atoms with Crippen molar-refractivity contribution in [2.75, 3.05) is 14.2 Å². The number of carbonyl (C=O) groups is 3. The Morgan fingerprint density at radius 3 is 2.29 bits per heavy atom. The first kappa shape index (κ1) is 17.0.